The van der Waals surface area contributed by atoms with Gasteiger partial charge in [0.25, 0.3) is 5.91 Å². The fourth-order valence-corrected chi connectivity index (χ4v) is 2.60. The average molecular weight is 291 g/mol. The Hall–Kier alpha value is -2.11. The lowest BCUT2D eigenvalue weighted by Crippen LogP contribution is -2.33. The van der Waals surface area contributed by atoms with Crippen LogP contribution in [-0.4, -0.2) is 24.4 Å². The van der Waals surface area contributed by atoms with Gasteiger partial charge in [-0.1, -0.05) is 19.9 Å². The molecule has 6 heteroatoms. The Bertz CT molecular complexity index is 565. The minimum absolute atomic E-state index is 0.103. The first-order chi connectivity index (χ1) is 9.91. The number of nitrogens with one attached hydrogen (secondary N) is 2. The standard InChI is InChI=1S/C15H21N3O3/c1-10(2)15(7-8-15)9-17-14(19)11-5-4-6-12(16-3)13(11)18(20)21/h4-6,10,16H,7-9H2,1-3H3,(H,17,19). The van der Waals surface area contributed by atoms with E-state index >= 15 is 0 Å². The minimum atomic E-state index is -0.518. The molecule has 2 N–H and O–H groups in total. The zero-order valence-electron chi connectivity index (χ0n) is 12.6. The molecule has 1 amide bonds. The molecule has 0 aromatic heterocycles. The molecule has 0 unspecified atom stereocenters. The van der Waals surface area contributed by atoms with E-state index in [4.69, 9.17) is 0 Å². The summed E-state index contributed by atoms with van der Waals surface area (Å²) in [7, 11) is 1.60. The van der Waals surface area contributed by atoms with Crippen LogP contribution in [0.2, 0.25) is 0 Å². The molecule has 0 heterocycles. The van der Waals surface area contributed by atoms with E-state index in [9.17, 15) is 14.9 Å². The van der Waals surface area contributed by atoms with Gasteiger partial charge in [0.15, 0.2) is 0 Å². The molecule has 1 fully saturated rings. The Morgan fingerprint density at radius 2 is 2.10 bits per heavy atom. The van der Waals surface area contributed by atoms with Crippen LogP contribution in [0, 0.1) is 21.4 Å². The highest BCUT2D eigenvalue weighted by Crippen LogP contribution is 2.51. The number of hydrogen-bond donors (Lipinski definition) is 2. The van der Waals surface area contributed by atoms with Crippen LogP contribution >= 0.6 is 0 Å². The molecule has 1 saturated carbocycles. The lowest BCUT2D eigenvalue weighted by Gasteiger charge is -2.20. The lowest BCUT2D eigenvalue weighted by molar-refractivity contribution is -0.384. The van der Waals surface area contributed by atoms with Crippen LogP contribution < -0.4 is 10.6 Å². The van der Waals surface area contributed by atoms with Crippen molar-refractivity contribution in [3.05, 3.63) is 33.9 Å². The van der Waals surface area contributed by atoms with E-state index in [1.807, 2.05) is 0 Å². The van der Waals surface area contributed by atoms with Crippen molar-refractivity contribution >= 4 is 17.3 Å². The van der Waals surface area contributed by atoms with Gasteiger partial charge < -0.3 is 10.6 Å². The largest absolute Gasteiger partial charge is 0.383 e. The predicted octanol–water partition coefficient (Wildman–Crippen LogP) is 2.80. The molecule has 1 aromatic carbocycles. The number of amides is 1. The van der Waals surface area contributed by atoms with E-state index in [-0.39, 0.29) is 22.6 Å². The fourth-order valence-electron chi connectivity index (χ4n) is 2.60. The number of carbonyl (C=O) groups excluding carboxylic acids is 1. The van der Waals surface area contributed by atoms with Crippen molar-refractivity contribution in [3.63, 3.8) is 0 Å². The van der Waals surface area contributed by atoms with Gasteiger partial charge in [-0.05, 0) is 36.3 Å². The zero-order valence-corrected chi connectivity index (χ0v) is 12.6. The maximum atomic E-state index is 12.3. The molecule has 0 saturated heterocycles. The molecule has 1 aromatic rings. The molecule has 0 bridgehead atoms. The number of hydrogen-bond acceptors (Lipinski definition) is 4. The van der Waals surface area contributed by atoms with Gasteiger partial charge in [0.05, 0.1) is 4.92 Å². The summed E-state index contributed by atoms with van der Waals surface area (Å²) in [5.74, 6) is 0.113. The second-order valence-corrected chi connectivity index (χ2v) is 5.91. The number of nitro benzene ring substituents is 1. The number of rotatable bonds is 6. The third kappa shape index (κ3) is 2.99. The van der Waals surface area contributed by atoms with E-state index in [0.717, 1.165) is 12.8 Å². The van der Waals surface area contributed by atoms with Crippen molar-refractivity contribution in [1.29, 1.82) is 0 Å². The molecule has 21 heavy (non-hydrogen) atoms. The highest BCUT2D eigenvalue weighted by Gasteiger charge is 2.45. The SMILES string of the molecule is CNc1cccc(C(=O)NCC2(C(C)C)CC2)c1[N+](=O)[O-]. The van der Waals surface area contributed by atoms with Crippen LogP contribution in [0.4, 0.5) is 11.4 Å². The van der Waals surface area contributed by atoms with Gasteiger partial charge in [0.1, 0.15) is 11.3 Å². The Morgan fingerprint density at radius 3 is 2.57 bits per heavy atom. The summed E-state index contributed by atoms with van der Waals surface area (Å²) in [6.45, 7) is 4.86. The highest BCUT2D eigenvalue weighted by molar-refractivity contribution is 6.00. The van der Waals surface area contributed by atoms with Gasteiger partial charge in [-0.15, -0.1) is 0 Å². The summed E-state index contributed by atoms with van der Waals surface area (Å²) in [5, 5.41) is 16.8. The molecule has 0 radical (unpaired) electrons. The van der Waals surface area contributed by atoms with Crippen LogP contribution in [0.5, 0.6) is 0 Å². The Kier molecular flexibility index (Phi) is 4.16. The predicted molar refractivity (Wildman–Crippen MR) is 81.5 cm³/mol. The first-order valence-electron chi connectivity index (χ1n) is 7.14. The average Bonchev–Trinajstić information content (AvgIpc) is 3.25. The van der Waals surface area contributed by atoms with Gasteiger partial charge in [0, 0.05) is 13.6 Å². The quantitative estimate of drug-likeness (QED) is 0.623. The van der Waals surface area contributed by atoms with E-state index in [1.165, 1.54) is 6.07 Å². The van der Waals surface area contributed by atoms with Crippen molar-refractivity contribution in [2.24, 2.45) is 11.3 Å². The van der Waals surface area contributed by atoms with E-state index < -0.39 is 4.92 Å². The van der Waals surface area contributed by atoms with Crippen LogP contribution in [0.1, 0.15) is 37.0 Å². The van der Waals surface area contributed by atoms with Crippen molar-refractivity contribution in [2.45, 2.75) is 26.7 Å². The Balaban J connectivity index is 2.18. The van der Waals surface area contributed by atoms with Gasteiger partial charge in [-0.2, -0.15) is 0 Å². The summed E-state index contributed by atoms with van der Waals surface area (Å²) < 4.78 is 0. The molecule has 114 valence electrons. The Morgan fingerprint density at radius 1 is 1.43 bits per heavy atom. The minimum Gasteiger partial charge on any atom is -0.383 e. The zero-order chi connectivity index (χ0) is 15.6. The summed E-state index contributed by atoms with van der Waals surface area (Å²) in [6.07, 6.45) is 2.20. The number of benzene rings is 1. The molecule has 1 aliphatic rings. The summed E-state index contributed by atoms with van der Waals surface area (Å²) in [5.41, 5.74) is 0.446. The van der Waals surface area contributed by atoms with Crippen molar-refractivity contribution in [3.8, 4) is 0 Å². The second-order valence-electron chi connectivity index (χ2n) is 5.91. The molecule has 0 spiro atoms. The highest BCUT2D eigenvalue weighted by atomic mass is 16.6. The van der Waals surface area contributed by atoms with Crippen molar-refractivity contribution in [2.75, 3.05) is 18.9 Å². The molecular weight excluding hydrogens is 270 g/mol. The normalized spacial score (nSPS) is 15.6. The Labute approximate surface area is 124 Å². The van der Waals surface area contributed by atoms with Crippen molar-refractivity contribution in [1.82, 2.24) is 5.32 Å². The molecule has 1 aliphatic carbocycles. The maximum Gasteiger partial charge on any atom is 0.305 e. The number of carbonyl (C=O) groups is 1. The summed E-state index contributed by atoms with van der Waals surface area (Å²) in [6, 6.07) is 4.72. The van der Waals surface area contributed by atoms with Crippen LogP contribution in [0.15, 0.2) is 18.2 Å². The van der Waals surface area contributed by atoms with Gasteiger partial charge in [-0.25, -0.2) is 0 Å². The van der Waals surface area contributed by atoms with Gasteiger partial charge >= 0.3 is 5.69 Å². The first kappa shape index (κ1) is 15.3. The first-order valence-corrected chi connectivity index (χ1v) is 7.14. The van der Waals surface area contributed by atoms with Gasteiger partial charge in [-0.3, -0.25) is 14.9 Å². The van der Waals surface area contributed by atoms with Gasteiger partial charge in [0.2, 0.25) is 0 Å². The monoisotopic (exact) mass is 291 g/mol. The smallest absolute Gasteiger partial charge is 0.305 e. The number of nitrogens with zero attached hydrogens (tertiary/aromatic N) is 1. The maximum absolute atomic E-state index is 12.3. The summed E-state index contributed by atoms with van der Waals surface area (Å²) in [4.78, 5) is 23.0. The number of nitro groups is 1. The van der Waals surface area contributed by atoms with Crippen LogP contribution in [0.3, 0.4) is 0 Å². The van der Waals surface area contributed by atoms with E-state index in [1.54, 1.807) is 19.2 Å². The van der Waals surface area contributed by atoms with E-state index in [2.05, 4.69) is 24.5 Å². The molecule has 6 nitrogen and oxygen atoms in total. The molecule has 2 rings (SSSR count). The van der Waals surface area contributed by atoms with E-state index in [0.29, 0.717) is 18.2 Å². The molecule has 0 aliphatic heterocycles. The lowest BCUT2D eigenvalue weighted by atomic mass is 9.92. The fraction of sp³-hybridized carbons (Fsp3) is 0.533. The van der Waals surface area contributed by atoms with Crippen LogP contribution in [-0.2, 0) is 0 Å². The second kappa shape index (κ2) is 5.71. The summed E-state index contributed by atoms with van der Waals surface area (Å²) >= 11 is 0. The van der Waals surface area contributed by atoms with Crippen molar-refractivity contribution < 1.29 is 9.72 Å². The topological polar surface area (TPSA) is 84.3 Å². The van der Waals surface area contributed by atoms with Crippen LogP contribution in [0.25, 0.3) is 0 Å². The number of para-hydroxylation sites is 1. The number of anilines is 1. The molecule has 0 atom stereocenters. The third-order valence-corrected chi connectivity index (χ3v) is 4.45. The molecular formula is C15H21N3O3. The third-order valence-electron chi connectivity index (χ3n) is 4.45.